The Kier molecular flexibility index (Phi) is 3.77. The molecule has 0 unspecified atom stereocenters. The van der Waals surface area contributed by atoms with E-state index in [1.165, 1.54) is 19.1 Å². The largest absolute Gasteiger partial charge is 0.421 e. The Morgan fingerprint density at radius 2 is 1.95 bits per heavy atom. The van der Waals surface area contributed by atoms with Crippen LogP contribution in [0.3, 0.4) is 0 Å². The second kappa shape index (κ2) is 5.57. The van der Waals surface area contributed by atoms with Gasteiger partial charge in [0, 0.05) is 30.8 Å². The molecule has 0 bridgehead atoms. The number of benzene rings is 1. The van der Waals surface area contributed by atoms with Gasteiger partial charge >= 0.3 is 0 Å². The van der Waals surface area contributed by atoms with Gasteiger partial charge in [-0.3, -0.25) is 0 Å². The third kappa shape index (κ3) is 3.68. The van der Waals surface area contributed by atoms with Crippen molar-refractivity contribution in [1.82, 2.24) is 15.5 Å². The van der Waals surface area contributed by atoms with E-state index in [2.05, 4.69) is 15.5 Å². The number of nitrogens with zero attached hydrogens (tertiary/aromatic N) is 2. The van der Waals surface area contributed by atoms with E-state index in [0.717, 1.165) is 12.1 Å². The highest BCUT2D eigenvalue weighted by Crippen LogP contribution is 2.21. The molecule has 1 heterocycles. The molecule has 1 saturated carbocycles. The first-order chi connectivity index (χ1) is 10.0. The van der Waals surface area contributed by atoms with Crippen molar-refractivity contribution >= 4 is 9.84 Å². The third-order valence-electron chi connectivity index (χ3n) is 3.35. The van der Waals surface area contributed by atoms with Crippen LogP contribution in [0.2, 0.25) is 0 Å². The maximum absolute atomic E-state index is 11.4. The van der Waals surface area contributed by atoms with E-state index in [-0.39, 0.29) is 4.90 Å². The van der Waals surface area contributed by atoms with Gasteiger partial charge in [-0.1, -0.05) is 0 Å². The summed E-state index contributed by atoms with van der Waals surface area (Å²) in [4.78, 5) is 0.277. The molecule has 0 amide bonds. The highest BCUT2D eigenvalue weighted by molar-refractivity contribution is 7.90. The molecule has 1 aromatic carbocycles. The van der Waals surface area contributed by atoms with Gasteiger partial charge in [0.2, 0.25) is 11.8 Å². The summed E-state index contributed by atoms with van der Waals surface area (Å²) in [5, 5.41) is 11.4. The van der Waals surface area contributed by atoms with E-state index < -0.39 is 9.84 Å². The van der Waals surface area contributed by atoms with Crippen LogP contribution in [0.4, 0.5) is 0 Å². The maximum Gasteiger partial charge on any atom is 0.247 e. The monoisotopic (exact) mass is 307 g/mol. The van der Waals surface area contributed by atoms with Gasteiger partial charge in [0.25, 0.3) is 0 Å². The Morgan fingerprint density at radius 3 is 2.57 bits per heavy atom. The summed E-state index contributed by atoms with van der Waals surface area (Å²) in [6, 6.07) is 7.11. The van der Waals surface area contributed by atoms with E-state index in [1.807, 2.05) is 0 Å². The summed E-state index contributed by atoms with van der Waals surface area (Å²) in [6.07, 6.45) is 4.38. The zero-order valence-corrected chi connectivity index (χ0v) is 12.6. The number of hydrogen-bond acceptors (Lipinski definition) is 6. The molecule has 2 aromatic rings. The van der Waals surface area contributed by atoms with E-state index in [1.54, 1.807) is 24.3 Å². The lowest BCUT2D eigenvalue weighted by molar-refractivity contribution is 0.494. The molecule has 0 saturated heterocycles. The van der Waals surface area contributed by atoms with Gasteiger partial charge < -0.3 is 9.73 Å². The lowest BCUT2D eigenvalue weighted by Gasteiger charge is -1.99. The van der Waals surface area contributed by atoms with E-state index in [9.17, 15) is 8.42 Å². The smallest absolute Gasteiger partial charge is 0.247 e. The minimum absolute atomic E-state index is 0.277. The molecule has 0 aliphatic heterocycles. The summed E-state index contributed by atoms with van der Waals surface area (Å²) in [5.41, 5.74) is 0.719. The fourth-order valence-corrected chi connectivity index (χ4v) is 2.62. The van der Waals surface area contributed by atoms with Gasteiger partial charge in [-0.25, -0.2) is 8.42 Å². The van der Waals surface area contributed by atoms with Crippen LogP contribution in [-0.2, 0) is 16.3 Å². The molecule has 0 atom stereocenters. The molecule has 1 aliphatic rings. The summed E-state index contributed by atoms with van der Waals surface area (Å²) in [5.74, 6) is 1.00. The van der Waals surface area contributed by atoms with Crippen molar-refractivity contribution in [3.8, 4) is 11.5 Å². The Morgan fingerprint density at radius 1 is 1.24 bits per heavy atom. The first-order valence-electron chi connectivity index (χ1n) is 6.88. The zero-order valence-electron chi connectivity index (χ0n) is 11.7. The van der Waals surface area contributed by atoms with Gasteiger partial charge in [0.1, 0.15) is 0 Å². The van der Waals surface area contributed by atoms with Crippen molar-refractivity contribution in [2.24, 2.45) is 0 Å². The molecule has 1 aromatic heterocycles. The van der Waals surface area contributed by atoms with Gasteiger partial charge in [-0.15, -0.1) is 10.2 Å². The van der Waals surface area contributed by atoms with Crippen molar-refractivity contribution < 1.29 is 12.8 Å². The molecular formula is C14H17N3O3S. The van der Waals surface area contributed by atoms with Crippen LogP contribution in [0.1, 0.15) is 18.7 Å². The molecule has 1 aliphatic carbocycles. The minimum atomic E-state index is -3.19. The average Bonchev–Trinajstić information content (AvgIpc) is 3.14. The molecule has 3 rings (SSSR count). The number of nitrogens with one attached hydrogen (secondary N) is 1. The summed E-state index contributed by atoms with van der Waals surface area (Å²) < 4.78 is 28.4. The van der Waals surface area contributed by atoms with E-state index in [0.29, 0.717) is 24.2 Å². The van der Waals surface area contributed by atoms with E-state index >= 15 is 0 Å². The Balaban J connectivity index is 1.67. The van der Waals surface area contributed by atoms with Crippen molar-refractivity contribution in [3.63, 3.8) is 0 Å². The molecular weight excluding hydrogens is 290 g/mol. The molecule has 21 heavy (non-hydrogen) atoms. The third-order valence-corrected chi connectivity index (χ3v) is 4.47. The van der Waals surface area contributed by atoms with Gasteiger partial charge in [-0.2, -0.15) is 0 Å². The fraction of sp³-hybridized carbons (Fsp3) is 0.429. The van der Waals surface area contributed by atoms with Crippen LogP contribution in [-0.4, -0.2) is 37.5 Å². The Bertz CT molecular complexity index is 718. The van der Waals surface area contributed by atoms with Crippen LogP contribution in [0.5, 0.6) is 0 Å². The number of rotatable bonds is 6. The van der Waals surface area contributed by atoms with Gasteiger partial charge in [0.05, 0.1) is 4.90 Å². The predicted octanol–water partition coefficient (Wildman–Crippen LogP) is 1.43. The second-order valence-corrected chi connectivity index (χ2v) is 7.29. The zero-order chi connectivity index (χ0) is 14.9. The first-order valence-corrected chi connectivity index (χ1v) is 8.78. The molecule has 112 valence electrons. The predicted molar refractivity (Wildman–Crippen MR) is 77.6 cm³/mol. The molecule has 1 N–H and O–H groups in total. The highest BCUT2D eigenvalue weighted by Gasteiger charge is 2.20. The standard InChI is InChI=1S/C14H17N3O3S/c1-21(18,19)12-6-2-10(3-7-12)14-17-16-13(20-14)8-9-15-11-4-5-11/h2-3,6-7,11,15H,4-5,8-9H2,1H3. The van der Waals surface area contributed by atoms with Crippen LogP contribution in [0.15, 0.2) is 33.6 Å². The number of hydrogen-bond donors (Lipinski definition) is 1. The number of sulfone groups is 1. The summed E-state index contributed by atoms with van der Waals surface area (Å²) >= 11 is 0. The average molecular weight is 307 g/mol. The lowest BCUT2D eigenvalue weighted by atomic mass is 10.2. The maximum atomic E-state index is 11.4. The Hall–Kier alpha value is -1.73. The van der Waals surface area contributed by atoms with Crippen LogP contribution in [0, 0.1) is 0 Å². The molecule has 0 radical (unpaired) electrons. The highest BCUT2D eigenvalue weighted by atomic mass is 32.2. The fourth-order valence-electron chi connectivity index (χ4n) is 1.99. The van der Waals surface area contributed by atoms with Crippen molar-refractivity contribution in [2.75, 3.05) is 12.8 Å². The van der Waals surface area contributed by atoms with Crippen LogP contribution in [0.25, 0.3) is 11.5 Å². The first kappa shape index (κ1) is 14.2. The van der Waals surface area contributed by atoms with Crippen molar-refractivity contribution in [3.05, 3.63) is 30.2 Å². The lowest BCUT2D eigenvalue weighted by Crippen LogP contribution is -2.19. The van der Waals surface area contributed by atoms with Crippen molar-refractivity contribution in [1.29, 1.82) is 0 Å². The Labute approximate surface area is 123 Å². The summed E-state index contributed by atoms with van der Waals surface area (Å²) in [6.45, 7) is 0.833. The van der Waals surface area contributed by atoms with Crippen molar-refractivity contribution in [2.45, 2.75) is 30.2 Å². The normalized spacial score (nSPS) is 15.3. The molecule has 6 nitrogen and oxygen atoms in total. The minimum Gasteiger partial charge on any atom is -0.421 e. The molecule has 7 heteroatoms. The molecule has 0 spiro atoms. The van der Waals surface area contributed by atoms with Crippen LogP contribution < -0.4 is 5.32 Å². The number of aromatic nitrogens is 2. The van der Waals surface area contributed by atoms with Gasteiger partial charge in [-0.05, 0) is 37.1 Å². The SMILES string of the molecule is CS(=O)(=O)c1ccc(-c2nnc(CCNC3CC3)o2)cc1. The second-order valence-electron chi connectivity index (χ2n) is 5.28. The van der Waals surface area contributed by atoms with Gasteiger partial charge in [0.15, 0.2) is 9.84 Å². The molecule has 1 fully saturated rings. The summed E-state index contributed by atoms with van der Waals surface area (Å²) in [7, 11) is -3.19. The quantitative estimate of drug-likeness (QED) is 0.869. The topological polar surface area (TPSA) is 85.1 Å². The van der Waals surface area contributed by atoms with Crippen LogP contribution >= 0.6 is 0 Å². The van der Waals surface area contributed by atoms with E-state index in [4.69, 9.17) is 4.42 Å².